The Kier molecular flexibility index (Phi) is 8.20. The minimum Gasteiger partial charge on any atom is -0.455 e. The molecule has 0 N–H and O–H groups in total. The molecular weight excluding hydrogens is 715 g/mol. The van der Waals surface area contributed by atoms with Crippen molar-refractivity contribution in [3.05, 3.63) is 223 Å². The minimum absolute atomic E-state index is 0.102. The van der Waals surface area contributed by atoms with Crippen molar-refractivity contribution >= 4 is 39.0 Å². The largest absolute Gasteiger partial charge is 0.455 e. The van der Waals surface area contributed by atoms with Gasteiger partial charge in [-0.2, -0.15) is 0 Å². The molecule has 0 atom stereocenters. The molecule has 2 nitrogen and oxygen atoms in total. The van der Waals surface area contributed by atoms with Crippen LogP contribution in [-0.2, 0) is 5.41 Å². The lowest BCUT2D eigenvalue weighted by atomic mass is 9.81. The maximum Gasteiger partial charge on any atom is 0.143 e. The molecule has 9 aromatic carbocycles. The predicted molar refractivity (Wildman–Crippen MR) is 248 cm³/mol. The highest BCUT2D eigenvalue weighted by atomic mass is 16.3. The molecule has 0 fully saturated rings. The van der Waals surface area contributed by atoms with E-state index in [1.54, 1.807) is 0 Å². The van der Waals surface area contributed by atoms with Gasteiger partial charge in [-0.1, -0.05) is 172 Å². The summed E-state index contributed by atoms with van der Waals surface area (Å²) in [4.78, 5) is 2.38. The smallest absolute Gasteiger partial charge is 0.143 e. The fourth-order valence-corrected chi connectivity index (χ4v) is 9.27. The standard InChI is InChI=1S/C57H41NO/c1-57(2)52-22-12-9-20-47(52)48-34-29-42(37-53(48)57)50-35-43(36-51-49-21-11-14-24-55(49)59-56(50)51)40-27-32-45(33-28-40)58(44-30-25-39(26-31-44)38-15-5-3-6-16-38)54-23-13-10-19-46(54)41-17-7-4-8-18-41/h3-37H,1-2H3. The van der Waals surface area contributed by atoms with Gasteiger partial charge < -0.3 is 9.32 Å². The lowest BCUT2D eigenvalue weighted by Crippen LogP contribution is -2.14. The van der Waals surface area contributed by atoms with Gasteiger partial charge in [0.2, 0.25) is 0 Å². The van der Waals surface area contributed by atoms with E-state index in [-0.39, 0.29) is 5.41 Å². The molecule has 2 heteroatoms. The summed E-state index contributed by atoms with van der Waals surface area (Å²) in [7, 11) is 0. The van der Waals surface area contributed by atoms with Crippen LogP contribution in [0.15, 0.2) is 217 Å². The monoisotopic (exact) mass is 755 g/mol. The first-order valence-electron chi connectivity index (χ1n) is 20.4. The Labute approximate surface area is 345 Å². The first-order chi connectivity index (χ1) is 29.0. The third-order valence-electron chi connectivity index (χ3n) is 12.3. The summed E-state index contributed by atoms with van der Waals surface area (Å²) in [6.45, 7) is 4.69. The lowest BCUT2D eigenvalue weighted by molar-refractivity contribution is 0.660. The van der Waals surface area contributed by atoms with Crippen LogP contribution in [0.1, 0.15) is 25.0 Å². The number of benzene rings is 9. The molecule has 0 aliphatic heterocycles. The highest BCUT2D eigenvalue weighted by Gasteiger charge is 2.35. The van der Waals surface area contributed by atoms with Crippen LogP contribution < -0.4 is 4.90 Å². The first-order valence-corrected chi connectivity index (χ1v) is 20.4. The van der Waals surface area contributed by atoms with Gasteiger partial charge in [0.25, 0.3) is 0 Å². The molecule has 59 heavy (non-hydrogen) atoms. The van der Waals surface area contributed by atoms with E-state index in [9.17, 15) is 0 Å². The lowest BCUT2D eigenvalue weighted by Gasteiger charge is -2.28. The van der Waals surface area contributed by atoms with Crippen molar-refractivity contribution in [1.29, 1.82) is 0 Å². The molecule has 11 rings (SSSR count). The predicted octanol–water partition coefficient (Wildman–Crippen LogP) is 16.0. The van der Waals surface area contributed by atoms with Crippen molar-refractivity contribution in [3.8, 4) is 55.6 Å². The number of hydrogen-bond donors (Lipinski definition) is 0. The van der Waals surface area contributed by atoms with E-state index in [4.69, 9.17) is 4.42 Å². The molecular formula is C57H41NO. The second-order valence-corrected chi connectivity index (χ2v) is 16.1. The fourth-order valence-electron chi connectivity index (χ4n) is 9.27. The van der Waals surface area contributed by atoms with E-state index in [1.807, 2.05) is 0 Å². The zero-order valence-corrected chi connectivity index (χ0v) is 33.1. The van der Waals surface area contributed by atoms with E-state index < -0.39 is 0 Å². The first kappa shape index (κ1) is 34.8. The zero-order valence-electron chi connectivity index (χ0n) is 33.1. The van der Waals surface area contributed by atoms with Crippen molar-refractivity contribution in [2.75, 3.05) is 4.90 Å². The zero-order chi connectivity index (χ0) is 39.5. The van der Waals surface area contributed by atoms with E-state index in [1.165, 1.54) is 44.5 Å². The Morgan fingerprint density at radius 2 is 0.898 bits per heavy atom. The second-order valence-electron chi connectivity index (χ2n) is 16.1. The van der Waals surface area contributed by atoms with Crippen LogP contribution >= 0.6 is 0 Å². The average Bonchev–Trinajstić information content (AvgIpc) is 3.79. The van der Waals surface area contributed by atoms with Gasteiger partial charge in [0.05, 0.1) is 5.69 Å². The molecule has 0 amide bonds. The van der Waals surface area contributed by atoms with Gasteiger partial charge in [-0.15, -0.1) is 0 Å². The van der Waals surface area contributed by atoms with Crippen LogP contribution in [0.4, 0.5) is 17.1 Å². The van der Waals surface area contributed by atoms with Gasteiger partial charge in [-0.05, 0) is 110 Å². The number of nitrogens with zero attached hydrogens (tertiary/aromatic N) is 1. The number of fused-ring (bicyclic) bond motifs is 6. The van der Waals surface area contributed by atoms with Crippen LogP contribution in [0.3, 0.4) is 0 Å². The van der Waals surface area contributed by atoms with Gasteiger partial charge in [0, 0.05) is 38.7 Å². The molecule has 0 radical (unpaired) electrons. The van der Waals surface area contributed by atoms with Crippen molar-refractivity contribution < 1.29 is 4.42 Å². The summed E-state index contributed by atoms with van der Waals surface area (Å²) < 4.78 is 6.69. The molecule has 1 heterocycles. The van der Waals surface area contributed by atoms with Crippen molar-refractivity contribution in [2.24, 2.45) is 0 Å². The van der Waals surface area contributed by atoms with Crippen molar-refractivity contribution in [1.82, 2.24) is 0 Å². The molecule has 0 saturated carbocycles. The molecule has 0 spiro atoms. The van der Waals surface area contributed by atoms with Gasteiger partial charge in [0.1, 0.15) is 11.2 Å². The molecule has 1 aromatic heterocycles. The van der Waals surface area contributed by atoms with Crippen LogP contribution in [0.5, 0.6) is 0 Å². The number of anilines is 3. The Morgan fingerprint density at radius 3 is 1.63 bits per heavy atom. The highest BCUT2D eigenvalue weighted by molar-refractivity contribution is 6.11. The van der Waals surface area contributed by atoms with Crippen LogP contribution in [0.25, 0.3) is 77.6 Å². The molecule has 10 aromatic rings. The quantitative estimate of drug-likeness (QED) is 0.161. The summed E-state index contributed by atoms with van der Waals surface area (Å²) >= 11 is 0. The maximum absolute atomic E-state index is 6.69. The Balaban J connectivity index is 1.04. The fraction of sp³-hybridized carbons (Fsp3) is 0.0526. The van der Waals surface area contributed by atoms with Gasteiger partial charge in [0.15, 0.2) is 0 Å². The highest BCUT2D eigenvalue weighted by Crippen LogP contribution is 2.51. The third kappa shape index (κ3) is 5.87. The van der Waals surface area contributed by atoms with Crippen molar-refractivity contribution in [3.63, 3.8) is 0 Å². The van der Waals surface area contributed by atoms with Gasteiger partial charge in [-0.3, -0.25) is 0 Å². The molecule has 0 unspecified atom stereocenters. The number of hydrogen-bond acceptors (Lipinski definition) is 2. The number of rotatable bonds is 7. The Hall–Kier alpha value is -7.42. The third-order valence-corrected chi connectivity index (χ3v) is 12.3. The van der Waals surface area contributed by atoms with Gasteiger partial charge in [-0.25, -0.2) is 0 Å². The second kappa shape index (κ2) is 13.9. The van der Waals surface area contributed by atoms with E-state index in [0.29, 0.717) is 0 Å². The number of para-hydroxylation sites is 2. The summed E-state index contributed by atoms with van der Waals surface area (Å²) in [6.07, 6.45) is 0. The normalized spacial score (nSPS) is 12.7. The van der Waals surface area contributed by atoms with E-state index >= 15 is 0 Å². The molecule has 0 saturated heterocycles. The molecule has 1 aliphatic carbocycles. The average molecular weight is 756 g/mol. The molecule has 280 valence electrons. The van der Waals surface area contributed by atoms with Crippen LogP contribution in [0.2, 0.25) is 0 Å². The van der Waals surface area contributed by atoms with Gasteiger partial charge >= 0.3 is 0 Å². The molecule has 1 aliphatic rings. The Morgan fingerprint density at radius 1 is 0.356 bits per heavy atom. The summed E-state index contributed by atoms with van der Waals surface area (Å²) in [5.41, 5.74) is 19.7. The van der Waals surface area contributed by atoms with Crippen LogP contribution in [0, 0.1) is 0 Å². The molecule has 0 bridgehead atoms. The Bertz CT molecular complexity index is 3160. The minimum atomic E-state index is -0.102. The SMILES string of the molecule is CC1(C)c2ccccc2-c2ccc(-c3cc(-c4ccc(N(c5ccc(-c6ccccc6)cc5)c5ccccc5-c5ccccc5)cc4)cc4c3oc3ccccc34)cc21. The van der Waals surface area contributed by atoms with E-state index in [2.05, 4.69) is 231 Å². The maximum atomic E-state index is 6.69. The van der Waals surface area contributed by atoms with Crippen LogP contribution in [-0.4, -0.2) is 0 Å². The topological polar surface area (TPSA) is 16.4 Å². The summed E-state index contributed by atoms with van der Waals surface area (Å²) in [6, 6.07) is 76.7. The number of furan rings is 1. The summed E-state index contributed by atoms with van der Waals surface area (Å²) in [5, 5.41) is 2.25. The van der Waals surface area contributed by atoms with Crippen molar-refractivity contribution in [2.45, 2.75) is 19.3 Å². The van der Waals surface area contributed by atoms with E-state index in [0.717, 1.165) is 61.3 Å². The summed E-state index contributed by atoms with van der Waals surface area (Å²) in [5.74, 6) is 0.